The number of hydrogen-bond acceptors (Lipinski definition) is 7. The zero-order chi connectivity index (χ0) is 23.6. The molecule has 1 aromatic rings. The summed E-state index contributed by atoms with van der Waals surface area (Å²) in [6.45, 7) is 3.13. The average Bonchev–Trinajstić information content (AvgIpc) is 2.71. The Kier molecular flexibility index (Phi) is 10.8. The fourth-order valence-electron chi connectivity index (χ4n) is 2.70. The maximum Gasteiger partial charge on any atom is 0.322 e. The maximum absolute atomic E-state index is 13.0. The van der Waals surface area contributed by atoms with E-state index >= 15 is 0 Å². The number of carboxylic acid groups (broad SMARTS) is 1. The van der Waals surface area contributed by atoms with Gasteiger partial charge in [-0.3, -0.25) is 19.2 Å². The summed E-state index contributed by atoms with van der Waals surface area (Å²) in [5, 5.41) is 25.6. The van der Waals surface area contributed by atoms with E-state index in [2.05, 4.69) is 28.6 Å². The van der Waals surface area contributed by atoms with Gasteiger partial charge in [-0.2, -0.15) is 12.6 Å². The van der Waals surface area contributed by atoms with Gasteiger partial charge in [-0.25, -0.2) is 0 Å². The van der Waals surface area contributed by atoms with Crippen LogP contribution in [-0.4, -0.2) is 64.3 Å². The third-order valence-electron chi connectivity index (χ3n) is 4.30. The molecule has 0 aliphatic rings. The van der Waals surface area contributed by atoms with Crippen LogP contribution in [0.1, 0.15) is 25.8 Å². The standard InChI is InChI=1S/C20H30N4O6S/c1-11(2)7-15(19(29)22-9-17(26)27)24-20(30)16(23-18(28)14(21)10-31)8-12-3-5-13(25)6-4-12/h3-6,11,14-16,25,31H,7-10,21H2,1-2H3,(H,22,29)(H,23,28)(H,24,30)(H,26,27). The quantitative estimate of drug-likeness (QED) is 0.207. The minimum atomic E-state index is -1.21. The smallest absolute Gasteiger partial charge is 0.322 e. The van der Waals surface area contributed by atoms with Crippen molar-refractivity contribution >= 4 is 36.3 Å². The molecule has 0 aromatic heterocycles. The van der Waals surface area contributed by atoms with Crippen LogP contribution in [0.3, 0.4) is 0 Å². The van der Waals surface area contributed by atoms with Crippen LogP contribution in [0.2, 0.25) is 0 Å². The van der Waals surface area contributed by atoms with E-state index in [0.717, 1.165) is 0 Å². The fraction of sp³-hybridized carbons (Fsp3) is 0.500. The van der Waals surface area contributed by atoms with Gasteiger partial charge >= 0.3 is 5.97 Å². The Labute approximate surface area is 186 Å². The van der Waals surface area contributed by atoms with E-state index in [-0.39, 0.29) is 30.3 Å². The Morgan fingerprint density at radius 1 is 1.00 bits per heavy atom. The molecule has 0 saturated heterocycles. The van der Waals surface area contributed by atoms with E-state index in [4.69, 9.17) is 10.8 Å². The molecule has 3 unspecified atom stereocenters. The minimum absolute atomic E-state index is 0.0311. The van der Waals surface area contributed by atoms with Crippen molar-refractivity contribution < 1.29 is 29.4 Å². The van der Waals surface area contributed by atoms with Crippen molar-refractivity contribution in [3.8, 4) is 5.75 Å². The van der Waals surface area contributed by atoms with Crippen LogP contribution >= 0.6 is 12.6 Å². The summed E-state index contributed by atoms with van der Waals surface area (Å²) in [5.41, 5.74) is 6.35. The van der Waals surface area contributed by atoms with Gasteiger partial charge in [0.25, 0.3) is 0 Å². The predicted octanol–water partition coefficient (Wildman–Crippen LogP) is -0.592. The second-order valence-electron chi connectivity index (χ2n) is 7.52. The van der Waals surface area contributed by atoms with E-state index in [0.29, 0.717) is 5.56 Å². The number of phenolic OH excluding ortho intramolecular Hbond substituents is 1. The normalized spacial score (nSPS) is 13.7. The number of phenols is 1. The highest BCUT2D eigenvalue weighted by Gasteiger charge is 2.28. The van der Waals surface area contributed by atoms with E-state index in [9.17, 15) is 24.3 Å². The number of carbonyl (C=O) groups excluding carboxylic acids is 3. The lowest BCUT2D eigenvalue weighted by Gasteiger charge is -2.25. The first-order chi connectivity index (χ1) is 14.5. The summed E-state index contributed by atoms with van der Waals surface area (Å²) >= 11 is 3.98. The number of thiol groups is 1. The number of aliphatic carboxylic acids is 1. The molecule has 172 valence electrons. The van der Waals surface area contributed by atoms with Crippen LogP contribution in [-0.2, 0) is 25.6 Å². The highest BCUT2D eigenvalue weighted by atomic mass is 32.1. The van der Waals surface area contributed by atoms with Crippen LogP contribution in [0.25, 0.3) is 0 Å². The summed E-state index contributed by atoms with van der Waals surface area (Å²) in [6.07, 6.45) is 0.357. The van der Waals surface area contributed by atoms with E-state index < -0.39 is 48.4 Å². The lowest BCUT2D eigenvalue weighted by molar-refractivity contribution is -0.138. The van der Waals surface area contributed by atoms with Crippen LogP contribution in [0, 0.1) is 5.92 Å². The van der Waals surface area contributed by atoms with E-state index in [1.165, 1.54) is 12.1 Å². The van der Waals surface area contributed by atoms with Crippen LogP contribution in [0.4, 0.5) is 0 Å². The van der Waals surface area contributed by atoms with Crippen molar-refractivity contribution in [2.45, 2.75) is 44.8 Å². The molecular weight excluding hydrogens is 424 g/mol. The lowest BCUT2D eigenvalue weighted by atomic mass is 10.0. The molecule has 10 nitrogen and oxygen atoms in total. The molecule has 0 heterocycles. The molecule has 3 atom stereocenters. The van der Waals surface area contributed by atoms with Crippen LogP contribution in [0.5, 0.6) is 5.75 Å². The molecule has 0 spiro atoms. The highest BCUT2D eigenvalue weighted by Crippen LogP contribution is 2.12. The lowest BCUT2D eigenvalue weighted by Crippen LogP contribution is -2.57. The van der Waals surface area contributed by atoms with Gasteiger partial charge in [-0.1, -0.05) is 26.0 Å². The molecule has 0 radical (unpaired) electrons. The molecule has 31 heavy (non-hydrogen) atoms. The molecule has 11 heteroatoms. The number of aromatic hydroxyl groups is 1. The minimum Gasteiger partial charge on any atom is -0.508 e. The number of rotatable bonds is 12. The number of amides is 3. The van der Waals surface area contributed by atoms with Crippen LogP contribution < -0.4 is 21.7 Å². The molecule has 0 saturated carbocycles. The van der Waals surface area contributed by atoms with Gasteiger partial charge in [-0.15, -0.1) is 0 Å². The number of carbonyl (C=O) groups is 4. The van der Waals surface area contributed by atoms with Gasteiger partial charge in [0.05, 0.1) is 6.04 Å². The van der Waals surface area contributed by atoms with Gasteiger partial charge in [-0.05, 0) is 30.0 Å². The summed E-state index contributed by atoms with van der Waals surface area (Å²) in [7, 11) is 0. The van der Waals surface area contributed by atoms with Gasteiger partial charge in [0, 0.05) is 12.2 Å². The van der Waals surface area contributed by atoms with Gasteiger partial charge in [0.1, 0.15) is 24.4 Å². The van der Waals surface area contributed by atoms with Crippen molar-refractivity contribution in [2.24, 2.45) is 11.7 Å². The number of benzene rings is 1. The fourth-order valence-corrected chi connectivity index (χ4v) is 2.87. The SMILES string of the molecule is CC(C)CC(NC(=O)C(Cc1ccc(O)cc1)NC(=O)C(N)CS)C(=O)NCC(=O)O. The van der Waals surface area contributed by atoms with Gasteiger partial charge < -0.3 is 31.9 Å². The number of hydrogen-bond donors (Lipinski definition) is 7. The molecule has 3 amide bonds. The summed E-state index contributed by atoms with van der Waals surface area (Å²) in [4.78, 5) is 48.3. The second kappa shape index (κ2) is 12.8. The Balaban J connectivity index is 3.01. The highest BCUT2D eigenvalue weighted by molar-refractivity contribution is 7.80. The Morgan fingerprint density at radius 3 is 2.10 bits per heavy atom. The molecule has 7 N–H and O–H groups in total. The average molecular weight is 455 g/mol. The molecule has 0 aliphatic heterocycles. The summed E-state index contributed by atoms with van der Waals surface area (Å²) in [5.74, 6) is -2.88. The van der Waals surface area contributed by atoms with Crippen molar-refractivity contribution in [1.82, 2.24) is 16.0 Å². The molecular formula is C20H30N4O6S. The second-order valence-corrected chi connectivity index (χ2v) is 7.89. The van der Waals surface area contributed by atoms with Gasteiger partial charge in [0.15, 0.2) is 0 Å². The summed E-state index contributed by atoms with van der Waals surface area (Å²) < 4.78 is 0. The third kappa shape index (κ3) is 9.71. The molecule has 0 aliphatic carbocycles. The first kappa shape index (κ1) is 26.2. The molecule has 1 aromatic carbocycles. The molecule has 0 fully saturated rings. The largest absolute Gasteiger partial charge is 0.508 e. The molecule has 1 rings (SSSR count). The van der Waals surface area contributed by atoms with Gasteiger partial charge in [0.2, 0.25) is 17.7 Å². The summed E-state index contributed by atoms with van der Waals surface area (Å²) in [6, 6.07) is 3.15. The third-order valence-corrected chi connectivity index (χ3v) is 4.69. The number of carboxylic acids is 1. The van der Waals surface area contributed by atoms with Crippen LogP contribution in [0.15, 0.2) is 24.3 Å². The van der Waals surface area contributed by atoms with E-state index in [1.807, 2.05) is 13.8 Å². The topological polar surface area (TPSA) is 171 Å². The van der Waals surface area contributed by atoms with Crippen molar-refractivity contribution in [1.29, 1.82) is 0 Å². The number of nitrogens with two attached hydrogens (primary N) is 1. The Hall–Kier alpha value is -2.79. The van der Waals surface area contributed by atoms with Crippen molar-refractivity contribution in [3.05, 3.63) is 29.8 Å². The monoisotopic (exact) mass is 454 g/mol. The van der Waals surface area contributed by atoms with E-state index in [1.54, 1.807) is 12.1 Å². The zero-order valence-corrected chi connectivity index (χ0v) is 18.4. The molecule has 0 bridgehead atoms. The number of nitrogens with one attached hydrogen (secondary N) is 3. The van der Waals surface area contributed by atoms with Crippen molar-refractivity contribution in [2.75, 3.05) is 12.3 Å². The first-order valence-electron chi connectivity index (χ1n) is 9.78. The maximum atomic E-state index is 13.0. The van der Waals surface area contributed by atoms with Crippen molar-refractivity contribution in [3.63, 3.8) is 0 Å². The zero-order valence-electron chi connectivity index (χ0n) is 17.5. The Bertz CT molecular complexity index is 771. The predicted molar refractivity (Wildman–Crippen MR) is 118 cm³/mol. The Morgan fingerprint density at radius 2 is 1.58 bits per heavy atom. The first-order valence-corrected chi connectivity index (χ1v) is 10.4.